The third-order valence-electron chi connectivity index (χ3n) is 10.7. The number of ether oxygens (including phenoxy) is 1. The summed E-state index contributed by atoms with van der Waals surface area (Å²) >= 11 is 0. The summed E-state index contributed by atoms with van der Waals surface area (Å²) in [6, 6.07) is 8.14. The Bertz CT molecular complexity index is 1710. The van der Waals surface area contributed by atoms with Gasteiger partial charge in [-0.25, -0.2) is 4.39 Å². The van der Waals surface area contributed by atoms with Crippen LogP contribution < -0.4 is 9.64 Å². The minimum atomic E-state index is -0.468. The number of rotatable bonds is 7. The van der Waals surface area contributed by atoms with Crippen LogP contribution >= 0.6 is 0 Å². The lowest BCUT2D eigenvalue weighted by Gasteiger charge is -2.41. The molecule has 0 spiro atoms. The van der Waals surface area contributed by atoms with E-state index < -0.39 is 5.82 Å². The second-order valence-corrected chi connectivity index (χ2v) is 13.1. The predicted octanol–water partition coefficient (Wildman–Crippen LogP) is 4.61. The van der Waals surface area contributed by atoms with Gasteiger partial charge in [0, 0.05) is 31.4 Å². The number of hydrogen-bond donors (Lipinski definition) is 0. The third-order valence-corrected chi connectivity index (χ3v) is 10.7. The molecule has 0 unspecified atom stereocenters. The molecule has 3 atom stereocenters. The van der Waals surface area contributed by atoms with Crippen LogP contribution in [0.25, 0.3) is 22.2 Å². The molecule has 3 aliphatic heterocycles. The summed E-state index contributed by atoms with van der Waals surface area (Å²) in [5.74, 6) is 1.00. The molecule has 9 nitrogen and oxygen atoms in total. The van der Waals surface area contributed by atoms with Crippen LogP contribution in [0.1, 0.15) is 55.6 Å². The number of nitriles is 1. The Kier molecular flexibility index (Phi) is 6.56. The Labute approximate surface area is 256 Å². The summed E-state index contributed by atoms with van der Waals surface area (Å²) in [7, 11) is 0. The van der Waals surface area contributed by atoms with E-state index in [2.05, 4.69) is 23.6 Å². The number of piperazine rings is 1. The van der Waals surface area contributed by atoms with Gasteiger partial charge in [-0.2, -0.15) is 15.2 Å². The fourth-order valence-corrected chi connectivity index (χ4v) is 8.45. The Morgan fingerprint density at radius 1 is 1.20 bits per heavy atom. The zero-order valence-electron chi connectivity index (χ0n) is 24.8. The van der Waals surface area contributed by atoms with Crippen molar-refractivity contribution >= 4 is 22.6 Å². The van der Waals surface area contributed by atoms with Crippen LogP contribution in [0.5, 0.6) is 6.01 Å². The number of benzene rings is 1. The lowest BCUT2D eigenvalue weighted by Crippen LogP contribution is -2.55. The maximum atomic E-state index is 16.7. The maximum Gasteiger partial charge on any atom is 0.319 e. The SMILES string of the molecule is C=CC(=O)N1CCN(c2nc(OCC34CCCN3CCC4)nc3c(F)c(-c4cccc5c4[C@@H]4C[C@@H]4C5)ncc23)C[C@@H]1CC#N. The molecule has 3 aromatic rings. The summed E-state index contributed by atoms with van der Waals surface area (Å²) in [6.07, 6.45) is 9.79. The molecule has 4 fully saturated rings. The highest BCUT2D eigenvalue weighted by Gasteiger charge is 2.47. The molecule has 0 N–H and O–H groups in total. The van der Waals surface area contributed by atoms with Crippen molar-refractivity contribution in [3.05, 3.63) is 54.0 Å². The lowest BCUT2D eigenvalue weighted by atomic mass is 9.95. The number of amides is 1. The quantitative estimate of drug-likeness (QED) is 0.366. The first-order chi connectivity index (χ1) is 21.5. The highest BCUT2D eigenvalue weighted by Crippen LogP contribution is 2.58. The number of halogens is 1. The number of carbonyl (C=O) groups is 1. The molecular weight excluding hydrogens is 557 g/mol. The number of nitrogens with zero attached hydrogens (tertiary/aromatic N) is 7. The van der Waals surface area contributed by atoms with E-state index in [1.165, 1.54) is 17.2 Å². The first-order valence-electron chi connectivity index (χ1n) is 15.9. The number of hydrogen-bond acceptors (Lipinski definition) is 8. The van der Waals surface area contributed by atoms with Crippen LogP contribution in [0.4, 0.5) is 10.2 Å². The fourth-order valence-electron chi connectivity index (χ4n) is 8.45. The first kappa shape index (κ1) is 27.4. The fraction of sp³-hybridized carbons (Fsp3) is 0.500. The van der Waals surface area contributed by atoms with Gasteiger partial charge in [0.05, 0.1) is 29.5 Å². The normalized spacial score (nSPS) is 25.0. The molecule has 1 saturated carbocycles. The van der Waals surface area contributed by atoms with Gasteiger partial charge in [0.2, 0.25) is 5.91 Å². The van der Waals surface area contributed by atoms with Crippen LogP contribution in [-0.2, 0) is 11.2 Å². The molecular formula is C34H36FN7O2. The molecule has 44 heavy (non-hydrogen) atoms. The highest BCUT2D eigenvalue weighted by molar-refractivity contribution is 5.93. The van der Waals surface area contributed by atoms with Crippen LogP contribution in [-0.4, -0.2) is 81.6 Å². The molecule has 10 heteroatoms. The van der Waals surface area contributed by atoms with Gasteiger partial charge in [-0.15, -0.1) is 0 Å². The number of anilines is 1. The Morgan fingerprint density at radius 3 is 2.84 bits per heavy atom. The minimum Gasteiger partial charge on any atom is -0.461 e. The van der Waals surface area contributed by atoms with Crippen molar-refractivity contribution < 1.29 is 13.9 Å². The minimum absolute atomic E-state index is 0.0135. The Balaban J connectivity index is 1.21. The van der Waals surface area contributed by atoms with Gasteiger partial charge in [-0.05, 0) is 80.7 Å². The van der Waals surface area contributed by atoms with Crippen LogP contribution in [0.15, 0.2) is 37.1 Å². The number of carbonyl (C=O) groups excluding carboxylic acids is 1. The van der Waals surface area contributed by atoms with Gasteiger partial charge in [0.1, 0.15) is 23.6 Å². The molecule has 5 heterocycles. The number of fused-ring (bicyclic) bond motifs is 5. The molecule has 5 aliphatic rings. The molecule has 2 aliphatic carbocycles. The van der Waals surface area contributed by atoms with Gasteiger partial charge in [0.15, 0.2) is 5.82 Å². The molecule has 1 aromatic carbocycles. The summed E-state index contributed by atoms with van der Waals surface area (Å²) in [5, 5.41) is 10.0. The van der Waals surface area contributed by atoms with Crippen molar-refractivity contribution in [1.82, 2.24) is 24.8 Å². The lowest BCUT2D eigenvalue weighted by molar-refractivity contribution is -0.128. The van der Waals surface area contributed by atoms with E-state index in [4.69, 9.17) is 19.7 Å². The number of pyridine rings is 1. The topological polar surface area (TPSA) is 98.5 Å². The van der Waals surface area contributed by atoms with Gasteiger partial charge >= 0.3 is 6.01 Å². The number of aromatic nitrogens is 3. The molecule has 2 aromatic heterocycles. The van der Waals surface area contributed by atoms with Crippen molar-refractivity contribution in [3.63, 3.8) is 0 Å². The van der Waals surface area contributed by atoms with Gasteiger partial charge < -0.3 is 14.5 Å². The molecule has 0 bridgehead atoms. The van der Waals surface area contributed by atoms with Crippen LogP contribution in [0, 0.1) is 23.1 Å². The van der Waals surface area contributed by atoms with E-state index in [9.17, 15) is 10.1 Å². The van der Waals surface area contributed by atoms with Gasteiger partial charge in [0.25, 0.3) is 0 Å². The summed E-state index contributed by atoms with van der Waals surface area (Å²) in [6.45, 7) is 7.47. The zero-order chi connectivity index (χ0) is 30.0. The second kappa shape index (κ2) is 10.5. The van der Waals surface area contributed by atoms with E-state index in [1.807, 2.05) is 17.0 Å². The maximum absolute atomic E-state index is 16.7. The second-order valence-electron chi connectivity index (χ2n) is 13.1. The summed E-state index contributed by atoms with van der Waals surface area (Å²) in [5.41, 5.74) is 3.87. The average Bonchev–Trinajstić information content (AvgIpc) is 3.33. The summed E-state index contributed by atoms with van der Waals surface area (Å²) in [4.78, 5) is 33.0. The predicted molar refractivity (Wildman–Crippen MR) is 164 cm³/mol. The molecule has 8 rings (SSSR count). The van der Waals surface area contributed by atoms with Gasteiger partial charge in [-0.3, -0.25) is 14.7 Å². The molecule has 1 amide bonds. The largest absolute Gasteiger partial charge is 0.461 e. The van der Waals surface area contributed by atoms with Crippen molar-refractivity contribution in [2.24, 2.45) is 5.92 Å². The monoisotopic (exact) mass is 593 g/mol. The first-order valence-corrected chi connectivity index (χ1v) is 15.9. The third kappa shape index (κ3) is 4.35. The average molecular weight is 594 g/mol. The van der Waals surface area contributed by atoms with Crippen LogP contribution in [0.3, 0.4) is 0 Å². The summed E-state index contributed by atoms with van der Waals surface area (Å²) < 4.78 is 23.1. The van der Waals surface area contributed by atoms with E-state index in [0.717, 1.165) is 57.2 Å². The van der Waals surface area contributed by atoms with Crippen molar-refractivity contribution in [2.45, 2.75) is 62.4 Å². The van der Waals surface area contributed by atoms with E-state index in [0.29, 0.717) is 55.0 Å². The van der Waals surface area contributed by atoms with Gasteiger partial charge in [-0.1, -0.05) is 24.8 Å². The standard InChI is InChI=1S/C34H36FN7O2/c1-2-27(43)42-15-14-40(19-23(42)8-11-36)32-26-18-37-30(24-7-3-6-21-16-22-17-25(22)28(21)24)29(35)31(26)38-33(39-32)44-20-34-9-4-12-41(34)13-5-10-34/h2-3,6-7,18,22-23,25H,1,4-5,8-10,12-17,19-20H2/t22-,23-,25+/m0/s1. The molecule has 226 valence electrons. The highest BCUT2D eigenvalue weighted by atomic mass is 19.1. The van der Waals surface area contributed by atoms with E-state index in [-0.39, 0.29) is 35.4 Å². The smallest absolute Gasteiger partial charge is 0.319 e. The van der Waals surface area contributed by atoms with E-state index in [1.54, 1.807) is 11.1 Å². The van der Waals surface area contributed by atoms with Crippen molar-refractivity contribution in [1.29, 1.82) is 5.26 Å². The Morgan fingerprint density at radius 2 is 2.05 bits per heavy atom. The zero-order valence-corrected chi connectivity index (χ0v) is 24.8. The molecule has 0 radical (unpaired) electrons. The van der Waals surface area contributed by atoms with Crippen molar-refractivity contribution in [3.8, 4) is 23.3 Å². The van der Waals surface area contributed by atoms with E-state index >= 15 is 4.39 Å². The van der Waals surface area contributed by atoms with Crippen molar-refractivity contribution in [2.75, 3.05) is 44.2 Å². The van der Waals surface area contributed by atoms with Crippen LogP contribution in [0.2, 0.25) is 0 Å². The Hall–Kier alpha value is -4.10. The molecule has 3 saturated heterocycles.